The molecule has 5 heteroatoms. The van der Waals surface area contributed by atoms with Gasteiger partial charge in [0.2, 0.25) is 0 Å². The highest BCUT2D eigenvalue weighted by molar-refractivity contribution is 5.76. The van der Waals surface area contributed by atoms with Crippen LogP contribution in [0.25, 0.3) is 0 Å². The van der Waals surface area contributed by atoms with Gasteiger partial charge in [-0.2, -0.15) is 0 Å². The first-order valence-electron chi connectivity index (χ1n) is 5.43. The van der Waals surface area contributed by atoms with Gasteiger partial charge >= 0.3 is 0 Å². The zero-order chi connectivity index (χ0) is 11.8. The van der Waals surface area contributed by atoms with Crippen LogP contribution in [-0.4, -0.2) is 25.9 Å². The Balaban J connectivity index is 2.24. The van der Waals surface area contributed by atoms with Crippen molar-refractivity contribution in [3.8, 4) is 0 Å². The second-order valence-corrected chi connectivity index (χ2v) is 3.76. The average Bonchev–Trinajstić information content (AvgIpc) is 2.73. The lowest BCUT2D eigenvalue weighted by Crippen LogP contribution is -2.14. The van der Waals surface area contributed by atoms with Crippen molar-refractivity contribution in [3.05, 3.63) is 16.6 Å². The molecule has 0 aromatic heterocycles. The summed E-state index contributed by atoms with van der Waals surface area (Å²) in [4.78, 5) is 20.6. The molecule has 1 rings (SSSR count). The summed E-state index contributed by atoms with van der Waals surface area (Å²) in [6.07, 6.45) is 5.89. The number of hydrogen-bond acceptors (Lipinski definition) is 4. The fourth-order valence-electron chi connectivity index (χ4n) is 1.83. The highest BCUT2D eigenvalue weighted by Gasteiger charge is 2.19. The smallest absolute Gasteiger partial charge is 0.286 e. The minimum atomic E-state index is -0.576. The highest BCUT2D eigenvalue weighted by atomic mass is 16.7. The van der Waals surface area contributed by atoms with E-state index < -0.39 is 5.91 Å². The Hall–Kier alpha value is -1.07. The van der Waals surface area contributed by atoms with Crippen molar-refractivity contribution in [1.29, 1.82) is 0 Å². The summed E-state index contributed by atoms with van der Waals surface area (Å²) in [6.45, 7) is 0.289. The number of carbonyl (C=O) groups is 1. The molecule has 0 aliphatic heterocycles. The molecular weight excluding hydrogens is 210 g/mol. The van der Waals surface area contributed by atoms with Gasteiger partial charge in [-0.25, -0.2) is 0 Å². The lowest BCUT2D eigenvalue weighted by molar-refractivity contribution is -0.118. The molecule has 0 bridgehead atoms. The third kappa shape index (κ3) is 4.20. The Morgan fingerprint density at radius 1 is 1.62 bits per heavy atom. The van der Waals surface area contributed by atoms with Crippen LogP contribution >= 0.6 is 0 Å². The van der Waals surface area contributed by atoms with Gasteiger partial charge in [0.15, 0.2) is 0 Å². The number of amides is 1. The van der Waals surface area contributed by atoms with E-state index >= 15 is 0 Å². The molecule has 0 radical (unpaired) electrons. The van der Waals surface area contributed by atoms with Gasteiger partial charge < -0.3 is 9.47 Å². The van der Waals surface area contributed by atoms with Crippen LogP contribution in [0.15, 0.2) is 16.8 Å². The van der Waals surface area contributed by atoms with Crippen LogP contribution in [0.1, 0.15) is 32.1 Å². The molecule has 1 aliphatic carbocycles. The van der Waals surface area contributed by atoms with Crippen LogP contribution in [0.3, 0.4) is 0 Å². The molecule has 0 saturated carbocycles. The highest BCUT2D eigenvalue weighted by Crippen LogP contribution is 2.26. The fourth-order valence-corrected chi connectivity index (χ4v) is 1.83. The maximum atomic E-state index is 10.7. The molecule has 0 heterocycles. The van der Waals surface area contributed by atoms with E-state index in [1.165, 1.54) is 5.57 Å². The van der Waals surface area contributed by atoms with E-state index in [1.54, 1.807) is 7.11 Å². The number of allylic oxidation sites excluding steroid dienone is 1. The first kappa shape index (κ1) is 13.0. The first-order chi connectivity index (χ1) is 7.77. The standard InChI is InChI=1S/C11H17NO4/c1-15-8-16-10-6-2-4-9(10)5-3-7-11(13)12-14/h4,10H,2-3,5-8H2,1H3/t10-/m1/s1. The van der Waals surface area contributed by atoms with Crippen LogP contribution in [0.2, 0.25) is 0 Å². The van der Waals surface area contributed by atoms with E-state index in [9.17, 15) is 9.70 Å². The number of carbonyl (C=O) groups excluding carboxylic acids is 1. The molecule has 0 saturated heterocycles. The van der Waals surface area contributed by atoms with Crippen molar-refractivity contribution in [2.75, 3.05) is 13.9 Å². The molecule has 1 atom stereocenters. The predicted octanol–water partition coefficient (Wildman–Crippen LogP) is 2.16. The van der Waals surface area contributed by atoms with E-state index in [0.29, 0.717) is 6.42 Å². The third-order valence-electron chi connectivity index (χ3n) is 2.59. The second-order valence-electron chi connectivity index (χ2n) is 3.76. The summed E-state index contributed by atoms with van der Waals surface area (Å²) in [5.74, 6) is -0.576. The monoisotopic (exact) mass is 227 g/mol. The molecular formula is C11H17NO4. The van der Waals surface area contributed by atoms with Crippen LogP contribution < -0.4 is 0 Å². The predicted molar refractivity (Wildman–Crippen MR) is 58.7 cm³/mol. The van der Waals surface area contributed by atoms with Crippen LogP contribution in [0.5, 0.6) is 0 Å². The minimum Gasteiger partial charge on any atom is -0.359 e. The van der Waals surface area contributed by atoms with Gasteiger partial charge in [-0.15, -0.1) is 4.91 Å². The molecule has 1 amide bonds. The van der Waals surface area contributed by atoms with Gasteiger partial charge in [0.05, 0.1) is 6.10 Å². The van der Waals surface area contributed by atoms with Crippen LogP contribution in [-0.2, 0) is 14.3 Å². The molecule has 90 valence electrons. The Labute approximate surface area is 94.8 Å². The lowest BCUT2D eigenvalue weighted by atomic mass is 10.1. The Morgan fingerprint density at radius 3 is 3.12 bits per heavy atom. The molecule has 1 aliphatic rings. The number of rotatable bonds is 7. The molecule has 0 fully saturated rings. The number of nitrogens with zero attached hydrogens (tertiary/aromatic N) is 1. The summed E-state index contributed by atoms with van der Waals surface area (Å²) in [6, 6.07) is 0. The van der Waals surface area contributed by atoms with E-state index in [-0.39, 0.29) is 19.3 Å². The van der Waals surface area contributed by atoms with E-state index in [0.717, 1.165) is 19.3 Å². The maximum absolute atomic E-state index is 10.7. The van der Waals surface area contributed by atoms with Gasteiger partial charge in [-0.3, -0.25) is 4.79 Å². The Bertz CT molecular complexity index is 275. The van der Waals surface area contributed by atoms with Crippen LogP contribution in [0, 0.1) is 4.91 Å². The normalized spacial score (nSPS) is 19.6. The molecule has 0 N–H and O–H groups in total. The molecule has 16 heavy (non-hydrogen) atoms. The number of ether oxygens (including phenoxy) is 2. The maximum Gasteiger partial charge on any atom is 0.286 e. The SMILES string of the molecule is COCO[C@@H]1CCC=C1CCCC(=O)N=O. The largest absolute Gasteiger partial charge is 0.359 e. The summed E-state index contributed by atoms with van der Waals surface area (Å²) < 4.78 is 10.3. The van der Waals surface area contributed by atoms with Gasteiger partial charge in [-0.05, 0) is 31.3 Å². The summed E-state index contributed by atoms with van der Waals surface area (Å²) in [7, 11) is 1.59. The van der Waals surface area contributed by atoms with Gasteiger partial charge in [0.1, 0.15) is 6.79 Å². The first-order valence-corrected chi connectivity index (χ1v) is 5.43. The molecule has 0 aromatic rings. The molecule has 0 spiro atoms. The number of methoxy groups -OCH3 is 1. The zero-order valence-electron chi connectivity index (χ0n) is 9.48. The van der Waals surface area contributed by atoms with Crippen molar-refractivity contribution in [1.82, 2.24) is 0 Å². The van der Waals surface area contributed by atoms with Gasteiger partial charge in [0, 0.05) is 18.7 Å². The number of hydrogen-bond donors (Lipinski definition) is 0. The lowest BCUT2D eigenvalue weighted by Gasteiger charge is -2.15. The van der Waals surface area contributed by atoms with Crippen molar-refractivity contribution in [3.63, 3.8) is 0 Å². The van der Waals surface area contributed by atoms with Crippen molar-refractivity contribution in [2.45, 2.75) is 38.2 Å². The third-order valence-corrected chi connectivity index (χ3v) is 2.59. The van der Waals surface area contributed by atoms with E-state index in [4.69, 9.17) is 9.47 Å². The molecule has 0 aromatic carbocycles. The van der Waals surface area contributed by atoms with Gasteiger partial charge in [0.25, 0.3) is 5.91 Å². The van der Waals surface area contributed by atoms with E-state index in [1.807, 2.05) is 0 Å². The summed E-state index contributed by atoms with van der Waals surface area (Å²) in [5.41, 5.74) is 1.20. The Morgan fingerprint density at radius 2 is 2.44 bits per heavy atom. The van der Waals surface area contributed by atoms with E-state index in [2.05, 4.69) is 11.3 Å². The second kappa shape index (κ2) is 7.24. The van der Waals surface area contributed by atoms with Crippen molar-refractivity contribution >= 4 is 5.91 Å². The molecule has 0 unspecified atom stereocenters. The van der Waals surface area contributed by atoms with Crippen LogP contribution in [0.4, 0.5) is 0 Å². The number of nitroso groups, excluding NO2 is 1. The minimum absolute atomic E-state index is 0.110. The topological polar surface area (TPSA) is 65.0 Å². The Kier molecular flexibility index (Phi) is 5.88. The quantitative estimate of drug-likeness (QED) is 0.380. The van der Waals surface area contributed by atoms with Gasteiger partial charge in [-0.1, -0.05) is 6.08 Å². The summed E-state index contributed by atoms with van der Waals surface area (Å²) in [5, 5.41) is 2.36. The summed E-state index contributed by atoms with van der Waals surface area (Å²) >= 11 is 0. The molecule has 5 nitrogen and oxygen atoms in total. The van der Waals surface area contributed by atoms with Crippen molar-refractivity contribution < 1.29 is 14.3 Å². The fraction of sp³-hybridized carbons (Fsp3) is 0.727. The van der Waals surface area contributed by atoms with Crippen molar-refractivity contribution in [2.24, 2.45) is 5.18 Å². The average molecular weight is 227 g/mol. The zero-order valence-corrected chi connectivity index (χ0v) is 9.48.